The van der Waals surface area contributed by atoms with Gasteiger partial charge < -0.3 is 0 Å². The first kappa shape index (κ1) is 6.69. The molecular formula is C10H18. The second-order valence-electron chi connectivity index (χ2n) is 5.24. The van der Waals surface area contributed by atoms with Crippen LogP contribution in [0.5, 0.6) is 0 Å². The van der Waals surface area contributed by atoms with E-state index in [9.17, 15) is 0 Å². The van der Waals surface area contributed by atoms with Crippen LogP contribution in [0, 0.1) is 22.7 Å². The average molecular weight is 138 g/mol. The van der Waals surface area contributed by atoms with Gasteiger partial charge in [-0.2, -0.15) is 0 Å². The Balaban J connectivity index is 2.30. The molecule has 0 heteroatoms. The molecule has 0 nitrogen and oxygen atoms in total. The van der Waals surface area contributed by atoms with Crippen LogP contribution in [-0.2, 0) is 0 Å². The van der Waals surface area contributed by atoms with Gasteiger partial charge in [-0.05, 0) is 35.5 Å². The molecule has 3 fully saturated rings. The van der Waals surface area contributed by atoms with E-state index in [2.05, 4.69) is 27.7 Å². The van der Waals surface area contributed by atoms with Gasteiger partial charge in [0.1, 0.15) is 0 Å². The third-order valence-corrected chi connectivity index (χ3v) is 4.56. The van der Waals surface area contributed by atoms with E-state index in [1.165, 1.54) is 12.8 Å². The zero-order chi connectivity index (χ0) is 7.57. The molecule has 0 aromatic heterocycles. The quantitative estimate of drug-likeness (QED) is 0.482. The molecule has 0 heterocycles. The minimum absolute atomic E-state index is 0.730. The number of fused-ring (bicyclic) bond motifs is 1. The Morgan fingerprint density at radius 3 is 1.30 bits per heavy atom. The summed E-state index contributed by atoms with van der Waals surface area (Å²) in [4.78, 5) is 0. The van der Waals surface area contributed by atoms with Gasteiger partial charge in [-0.1, -0.05) is 27.7 Å². The summed E-state index contributed by atoms with van der Waals surface area (Å²) in [5, 5.41) is 0. The maximum Gasteiger partial charge on any atom is -0.0287 e. The lowest BCUT2D eigenvalue weighted by atomic mass is 9.60. The van der Waals surface area contributed by atoms with E-state index in [1.54, 1.807) is 0 Å². The monoisotopic (exact) mass is 138 g/mol. The van der Waals surface area contributed by atoms with Crippen molar-refractivity contribution in [2.45, 2.75) is 40.5 Å². The molecule has 3 aliphatic carbocycles. The fourth-order valence-electron chi connectivity index (χ4n) is 3.64. The van der Waals surface area contributed by atoms with E-state index < -0.39 is 0 Å². The van der Waals surface area contributed by atoms with E-state index in [1.807, 2.05) is 0 Å². The molecular weight excluding hydrogens is 120 g/mol. The molecule has 2 atom stereocenters. The van der Waals surface area contributed by atoms with Crippen LogP contribution < -0.4 is 0 Å². The molecule has 2 unspecified atom stereocenters. The molecule has 0 aliphatic heterocycles. The van der Waals surface area contributed by atoms with Crippen molar-refractivity contribution in [2.24, 2.45) is 22.7 Å². The van der Waals surface area contributed by atoms with Crippen molar-refractivity contribution in [2.75, 3.05) is 0 Å². The molecule has 58 valence electrons. The predicted molar refractivity (Wildman–Crippen MR) is 43.8 cm³/mol. The Bertz CT molecular complexity index is 145. The topological polar surface area (TPSA) is 0 Å². The standard InChI is InChI=1S/C10H18/c1-7-8(2)10(4)5-9(7,3)6-10/h7-8H,5-6H2,1-4H3. The van der Waals surface area contributed by atoms with Crippen LogP contribution >= 0.6 is 0 Å². The number of hydrogen-bond acceptors (Lipinski definition) is 0. The summed E-state index contributed by atoms with van der Waals surface area (Å²) >= 11 is 0. The summed E-state index contributed by atoms with van der Waals surface area (Å²) in [6.07, 6.45) is 2.98. The van der Waals surface area contributed by atoms with Crippen molar-refractivity contribution in [1.29, 1.82) is 0 Å². The van der Waals surface area contributed by atoms with Gasteiger partial charge in [0.25, 0.3) is 0 Å². The Labute approximate surface area is 64.0 Å². The van der Waals surface area contributed by atoms with E-state index in [0.29, 0.717) is 0 Å². The summed E-state index contributed by atoms with van der Waals surface area (Å²) < 4.78 is 0. The third kappa shape index (κ3) is 0.500. The summed E-state index contributed by atoms with van der Waals surface area (Å²) in [6, 6.07) is 0. The highest BCUT2D eigenvalue weighted by atomic mass is 14.7. The summed E-state index contributed by atoms with van der Waals surface area (Å²) in [5.74, 6) is 1.94. The van der Waals surface area contributed by atoms with Gasteiger partial charge >= 0.3 is 0 Å². The normalized spacial score (nSPS) is 66.0. The van der Waals surface area contributed by atoms with Crippen LogP contribution in [0.25, 0.3) is 0 Å². The zero-order valence-corrected chi connectivity index (χ0v) is 7.57. The van der Waals surface area contributed by atoms with Crippen molar-refractivity contribution in [3.8, 4) is 0 Å². The van der Waals surface area contributed by atoms with Gasteiger partial charge in [-0.15, -0.1) is 0 Å². The van der Waals surface area contributed by atoms with Crippen LogP contribution in [-0.4, -0.2) is 0 Å². The Hall–Kier alpha value is 0. The molecule has 3 saturated carbocycles. The molecule has 0 saturated heterocycles. The van der Waals surface area contributed by atoms with Crippen LogP contribution in [0.2, 0.25) is 0 Å². The molecule has 10 heavy (non-hydrogen) atoms. The van der Waals surface area contributed by atoms with Crippen LogP contribution in [0.1, 0.15) is 40.5 Å². The molecule has 0 amide bonds. The Morgan fingerprint density at radius 2 is 1.20 bits per heavy atom. The average Bonchev–Trinajstić information content (AvgIpc) is 1.99. The van der Waals surface area contributed by atoms with Gasteiger partial charge in [-0.25, -0.2) is 0 Å². The van der Waals surface area contributed by atoms with E-state index in [0.717, 1.165) is 22.7 Å². The second kappa shape index (κ2) is 1.44. The van der Waals surface area contributed by atoms with Crippen LogP contribution in [0.4, 0.5) is 0 Å². The van der Waals surface area contributed by atoms with E-state index >= 15 is 0 Å². The summed E-state index contributed by atoms with van der Waals surface area (Å²) in [7, 11) is 0. The zero-order valence-electron chi connectivity index (χ0n) is 7.57. The molecule has 0 radical (unpaired) electrons. The minimum atomic E-state index is 0.730. The minimum Gasteiger partial charge on any atom is -0.0617 e. The number of rotatable bonds is 0. The molecule has 0 spiro atoms. The Morgan fingerprint density at radius 1 is 0.900 bits per heavy atom. The highest BCUT2D eigenvalue weighted by molar-refractivity contribution is 5.12. The van der Waals surface area contributed by atoms with Gasteiger partial charge in [-0.3, -0.25) is 0 Å². The number of hydrogen-bond donors (Lipinski definition) is 0. The van der Waals surface area contributed by atoms with Crippen molar-refractivity contribution in [3.05, 3.63) is 0 Å². The summed E-state index contributed by atoms with van der Waals surface area (Å²) in [6.45, 7) is 9.79. The van der Waals surface area contributed by atoms with Crippen molar-refractivity contribution >= 4 is 0 Å². The maximum absolute atomic E-state index is 2.46. The van der Waals surface area contributed by atoms with Gasteiger partial charge in [0.2, 0.25) is 0 Å². The van der Waals surface area contributed by atoms with E-state index in [4.69, 9.17) is 0 Å². The largest absolute Gasteiger partial charge is 0.0617 e. The maximum atomic E-state index is 2.46. The smallest absolute Gasteiger partial charge is 0.0287 e. The fraction of sp³-hybridized carbons (Fsp3) is 1.00. The molecule has 0 aromatic carbocycles. The van der Waals surface area contributed by atoms with Gasteiger partial charge in [0.15, 0.2) is 0 Å². The second-order valence-corrected chi connectivity index (χ2v) is 5.24. The highest BCUT2D eigenvalue weighted by Crippen LogP contribution is 2.71. The Kier molecular flexibility index (Phi) is 0.964. The SMILES string of the molecule is CC1C(C)C2(C)CC1(C)C2. The third-order valence-electron chi connectivity index (χ3n) is 4.56. The van der Waals surface area contributed by atoms with E-state index in [-0.39, 0.29) is 0 Å². The lowest BCUT2D eigenvalue weighted by Crippen LogP contribution is -2.35. The molecule has 0 N–H and O–H groups in total. The molecule has 0 aromatic rings. The molecule has 3 rings (SSSR count). The van der Waals surface area contributed by atoms with Crippen molar-refractivity contribution in [1.82, 2.24) is 0 Å². The van der Waals surface area contributed by atoms with Crippen LogP contribution in [0.15, 0.2) is 0 Å². The lowest BCUT2D eigenvalue weighted by Gasteiger charge is -2.44. The van der Waals surface area contributed by atoms with Crippen LogP contribution in [0.3, 0.4) is 0 Å². The van der Waals surface area contributed by atoms with Gasteiger partial charge in [0.05, 0.1) is 0 Å². The molecule has 3 aliphatic rings. The fourth-order valence-corrected chi connectivity index (χ4v) is 3.64. The first-order valence-electron chi connectivity index (χ1n) is 4.48. The summed E-state index contributed by atoms with van der Waals surface area (Å²) in [5.41, 5.74) is 1.46. The predicted octanol–water partition coefficient (Wildman–Crippen LogP) is 3.08. The lowest BCUT2D eigenvalue weighted by molar-refractivity contribution is 0.0560. The first-order valence-corrected chi connectivity index (χ1v) is 4.48. The molecule has 2 bridgehead atoms. The van der Waals surface area contributed by atoms with Crippen molar-refractivity contribution in [3.63, 3.8) is 0 Å². The van der Waals surface area contributed by atoms with Gasteiger partial charge in [0, 0.05) is 0 Å². The van der Waals surface area contributed by atoms with Crippen molar-refractivity contribution < 1.29 is 0 Å². The first-order chi connectivity index (χ1) is 4.48. The highest BCUT2D eigenvalue weighted by Gasteiger charge is 2.63.